The van der Waals surface area contributed by atoms with Gasteiger partial charge in [0, 0.05) is 6.42 Å². The molecule has 0 unspecified atom stereocenters. The Bertz CT molecular complexity index is 155. The van der Waals surface area contributed by atoms with E-state index >= 15 is 0 Å². The Hall–Kier alpha value is -0.180. The van der Waals surface area contributed by atoms with Crippen LogP contribution in [-0.4, -0.2) is 18.6 Å². The van der Waals surface area contributed by atoms with Crippen LogP contribution in [0.3, 0.4) is 0 Å². The second-order valence-corrected chi connectivity index (χ2v) is 4.64. The highest BCUT2D eigenvalue weighted by Crippen LogP contribution is 2.28. The fourth-order valence-electron chi connectivity index (χ4n) is 1.05. The molecule has 14 heavy (non-hydrogen) atoms. The highest BCUT2D eigenvalue weighted by Gasteiger charge is 2.32. The third-order valence-corrected chi connectivity index (χ3v) is 2.39. The Morgan fingerprint density at radius 1 is 1.07 bits per heavy atom. The number of halogens is 2. The summed E-state index contributed by atoms with van der Waals surface area (Å²) in [5, 5.41) is 0. The van der Waals surface area contributed by atoms with Gasteiger partial charge in [0.25, 0.3) is 5.92 Å². The van der Waals surface area contributed by atoms with Crippen LogP contribution in [0.15, 0.2) is 0 Å². The van der Waals surface area contributed by atoms with E-state index in [1.165, 1.54) is 0 Å². The molecule has 3 heteroatoms. The third-order valence-electron chi connectivity index (χ3n) is 2.39. The summed E-state index contributed by atoms with van der Waals surface area (Å²) < 4.78 is 31.5. The zero-order valence-corrected chi connectivity index (χ0v) is 9.81. The molecule has 0 radical (unpaired) electrons. The predicted octanol–water partition coefficient (Wildman–Crippen LogP) is 3.73. The molecule has 86 valence electrons. The first-order chi connectivity index (χ1) is 6.24. The fourth-order valence-corrected chi connectivity index (χ4v) is 1.05. The molecular weight excluding hydrogens is 186 g/mol. The number of hydrogen-bond donors (Lipinski definition) is 0. The summed E-state index contributed by atoms with van der Waals surface area (Å²) in [4.78, 5) is 0. The van der Waals surface area contributed by atoms with E-state index in [-0.39, 0.29) is 18.4 Å². The molecule has 1 nitrogen and oxygen atoms in total. The normalized spacial score (nSPS) is 15.2. The summed E-state index contributed by atoms with van der Waals surface area (Å²) in [6.45, 7) is 8.85. The van der Waals surface area contributed by atoms with Crippen molar-refractivity contribution in [2.24, 2.45) is 11.8 Å². The van der Waals surface area contributed by atoms with Crippen molar-refractivity contribution in [3.05, 3.63) is 0 Å². The number of rotatable bonds is 6. The maximum Gasteiger partial charge on any atom is 0.271 e. The predicted molar refractivity (Wildman–Crippen MR) is 54.7 cm³/mol. The quantitative estimate of drug-likeness (QED) is 0.646. The van der Waals surface area contributed by atoms with Gasteiger partial charge in [-0.3, -0.25) is 0 Å². The number of alkyl halides is 2. The SMILES string of the molecule is CC(C)OCC(F)(F)C[C@H](C)C(C)C. The van der Waals surface area contributed by atoms with Crippen LogP contribution < -0.4 is 0 Å². The summed E-state index contributed by atoms with van der Waals surface area (Å²) in [7, 11) is 0. The van der Waals surface area contributed by atoms with Crippen LogP contribution in [-0.2, 0) is 4.74 Å². The summed E-state index contributed by atoms with van der Waals surface area (Å²) >= 11 is 0. The van der Waals surface area contributed by atoms with Crippen molar-refractivity contribution in [3.8, 4) is 0 Å². The van der Waals surface area contributed by atoms with E-state index < -0.39 is 12.5 Å². The summed E-state index contributed by atoms with van der Waals surface area (Å²) in [6.07, 6.45) is -0.215. The van der Waals surface area contributed by atoms with E-state index in [1.807, 2.05) is 20.8 Å². The lowest BCUT2D eigenvalue weighted by Crippen LogP contribution is -2.29. The van der Waals surface area contributed by atoms with Crippen LogP contribution in [0.5, 0.6) is 0 Å². The van der Waals surface area contributed by atoms with Crippen LogP contribution in [0.1, 0.15) is 41.0 Å². The van der Waals surface area contributed by atoms with Gasteiger partial charge in [-0.1, -0.05) is 20.8 Å². The van der Waals surface area contributed by atoms with Gasteiger partial charge in [0.2, 0.25) is 0 Å². The molecule has 0 aromatic carbocycles. The molecule has 0 bridgehead atoms. The van der Waals surface area contributed by atoms with Crippen molar-refractivity contribution in [1.82, 2.24) is 0 Å². The largest absolute Gasteiger partial charge is 0.373 e. The lowest BCUT2D eigenvalue weighted by Gasteiger charge is -2.23. The number of hydrogen-bond acceptors (Lipinski definition) is 1. The van der Waals surface area contributed by atoms with Crippen LogP contribution in [0.4, 0.5) is 8.78 Å². The molecule has 1 atom stereocenters. The first-order valence-electron chi connectivity index (χ1n) is 5.24. The molecule has 0 aromatic rings. The third kappa shape index (κ3) is 6.30. The number of ether oxygens (including phenoxy) is 1. The highest BCUT2D eigenvalue weighted by molar-refractivity contribution is 4.71. The second kappa shape index (κ2) is 5.64. The minimum absolute atomic E-state index is 0.0285. The van der Waals surface area contributed by atoms with Crippen molar-refractivity contribution < 1.29 is 13.5 Å². The minimum Gasteiger partial charge on any atom is -0.373 e. The molecule has 0 heterocycles. The van der Waals surface area contributed by atoms with Crippen molar-refractivity contribution in [3.63, 3.8) is 0 Å². The van der Waals surface area contributed by atoms with Crippen LogP contribution >= 0.6 is 0 Å². The lowest BCUT2D eigenvalue weighted by molar-refractivity contribution is -0.106. The van der Waals surface area contributed by atoms with Crippen LogP contribution in [0.2, 0.25) is 0 Å². The first kappa shape index (κ1) is 13.8. The van der Waals surface area contributed by atoms with E-state index in [1.54, 1.807) is 13.8 Å². The van der Waals surface area contributed by atoms with Crippen LogP contribution in [0.25, 0.3) is 0 Å². The standard InChI is InChI=1S/C11H22F2O/c1-8(2)10(5)6-11(12,13)7-14-9(3)4/h8-10H,6-7H2,1-5H3/t10-/m0/s1. The van der Waals surface area contributed by atoms with Crippen molar-refractivity contribution in [2.75, 3.05) is 6.61 Å². The van der Waals surface area contributed by atoms with Gasteiger partial charge >= 0.3 is 0 Å². The molecule has 0 aromatic heterocycles. The molecule has 0 N–H and O–H groups in total. The Morgan fingerprint density at radius 3 is 1.93 bits per heavy atom. The molecule has 0 fully saturated rings. The summed E-state index contributed by atoms with van der Waals surface area (Å²) in [5.41, 5.74) is 0. The van der Waals surface area contributed by atoms with E-state index in [9.17, 15) is 8.78 Å². The van der Waals surface area contributed by atoms with Gasteiger partial charge in [0.05, 0.1) is 6.10 Å². The molecule has 0 aliphatic rings. The average Bonchev–Trinajstić information content (AvgIpc) is 2.00. The smallest absolute Gasteiger partial charge is 0.271 e. The van der Waals surface area contributed by atoms with Gasteiger partial charge in [-0.05, 0) is 25.7 Å². The van der Waals surface area contributed by atoms with Gasteiger partial charge in [0.15, 0.2) is 0 Å². The van der Waals surface area contributed by atoms with Gasteiger partial charge in [-0.2, -0.15) is 0 Å². The van der Waals surface area contributed by atoms with Gasteiger partial charge in [-0.25, -0.2) is 8.78 Å². The molecular formula is C11H22F2O. The molecule has 0 amide bonds. The zero-order valence-electron chi connectivity index (χ0n) is 9.81. The van der Waals surface area contributed by atoms with Crippen LogP contribution in [0, 0.1) is 11.8 Å². The van der Waals surface area contributed by atoms with E-state index in [0.29, 0.717) is 5.92 Å². The Labute approximate surface area is 85.8 Å². The van der Waals surface area contributed by atoms with Gasteiger partial charge in [-0.15, -0.1) is 0 Å². The topological polar surface area (TPSA) is 9.23 Å². The zero-order chi connectivity index (χ0) is 11.4. The summed E-state index contributed by atoms with van der Waals surface area (Å²) in [6, 6.07) is 0. The molecule has 0 spiro atoms. The van der Waals surface area contributed by atoms with Crippen molar-refractivity contribution in [1.29, 1.82) is 0 Å². The highest BCUT2D eigenvalue weighted by atomic mass is 19.3. The molecule has 0 aliphatic heterocycles. The average molecular weight is 208 g/mol. The Balaban J connectivity index is 3.93. The minimum atomic E-state index is -2.69. The Kier molecular flexibility index (Phi) is 5.57. The molecule has 0 rings (SSSR count). The maximum absolute atomic E-state index is 13.3. The van der Waals surface area contributed by atoms with Crippen molar-refractivity contribution in [2.45, 2.75) is 53.1 Å². The molecule has 0 saturated carbocycles. The van der Waals surface area contributed by atoms with Crippen molar-refractivity contribution >= 4 is 0 Å². The van der Waals surface area contributed by atoms with Gasteiger partial charge < -0.3 is 4.74 Å². The van der Waals surface area contributed by atoms with E-state index in [0.717, 1.165) is 0 Å². The maximum atomic E-state index is 13.3. The first-order valence-corrected chi connectivity index (χ1v) is 5.24. The van der Waals surface area contributed by atoms with E-state index in [4.69, 9.17) is 4.74 Å². The second-order valence-electron chi connectivity index (χ2n) is 4.64. The fraction of sp³-hybridized carbons (Fsp3) is 1.00. The summed E-state index contributed by atoms with van der Waals surface area (Å²) in [5.74, 6) is -2.37. The van der Waals surface area contributed by atoms with E-state index in [2.05, 4.69) is 0 Å². The molecule has 0 saturated heterocycles. The lowest BCUT2D eigenvalue weighted by atomic mass is 9.92. The molecule has 0 aliphatic carbocycles. The monoisotopic (exact) mass is 208 g/mol. The van der Waals surface area contributed by atoms with Gasteiger partial charge in [0.1, 0.15) is 6.61 Å². The Morgan fingerprint density at radius 2 is 1.57 bits per heavy atom.